The molecule has 0 spiro atoms. The lowest BCUT2D eigenvalue weighted by Crippen LogP contribution is -1.96. The predicted octanol–water partition coefficient (Wildman–Crippen LogP) is 6.65. The number of methoxy groups -OCH3 is 2. The summed E-state index contributed by atoms with van der Waals surface area (Å²) < 4.78 is 16.6. The van der Waals surface area contributed by atoms with Crippen LogP contribution in [-0.4, -0.2) is 24.1 Å². The first kappa shape index (κ1) is 23.2. The van der Waals surface area contributed by atoms with Crippen LogP contribution in [0.2, 0.25) is 0 Å². The predicted molar refractivity (Wildman–Crippen MR) is 130 cm³/mol. The van der Waals surface area contributed by atoms with Gasteiger partial charge in [-0.05, 0) is 47.5 Å². The SMILES string of the molecule is COc1ccc(-c2cc([N+](=O)[O-])ccc2Oc2ccc([N+](=O)[O-])cc2-c2ccc(OC)cc2)cc1. The zero-order valence-corrected chi connectivity index (χ0v) is 18.8. The van der Waals surface area contributed by atoms with Crippen LogP contribution in [0.4, 0.5) is 11.4 Å². The number of hydrogen-bond acceptors (Lipinski definition) is 7. The van der Waals surface area contributed by atoms with Crippen LogP contribution in [0.5, 0.6) is 23.0 Å². The van der Waals surface area contributed by atoms with Crippen molar-refractivity contribution in [3.05, 3.63) is 105 Å². The van der Waals surface area contributed by atoms with E-state index in [1.165, 1.54) is 36.4 Å². The highest BCUT2D eigenvalue weighted by molar-refractivity contribution is 5.77. The third-order valence-electron chi connectivity index (χ3n) is 5.37. The maximum atomic E-state index is 11.4. The van der Waals surface area contributed by atoms with Crippen molar-refractivity contribution in [1.29, 1.82) is 0 Å². The minimum Gasteiger partial charge on any atom is -0.497 e. The molecule has 0 aliphatic heterocycles. The van der Waals surface area contributed by atoms with E-state index in [9.17, 15) is 20.2 Å². The van der Waals surface area contributed by atoms with Crippen LogP contribution in [0.1, 0.15) is 0 Å². The van der Waals surface area contributed by atoms with E-state index in [4.69, 9.17) is 14.2 Å². The molecule has 0 saturated heterocycles. The molecule has 0 heterocycles. The van der Waals surface area contributed by atoms with Crippen molar-refractivity contribution in [3.8, 4) is 45.3 Å². The van der Waals surface area contributed by atoms with Crippen LogP contribution in [0.3, 0.4) is 0 Å². The Bertz CT molecular complexity index is 1280. The largest absolute Gasteiger partial charge is 0.497 e. The van der Waals surface area contributed by atoms with E-state index >= 15 is 0 Å². The molecule has 0 atom stereocenters. The molecule has 0 saturated carbocycles. The summed E-state index contributed by atoms with van der Waals surface area (Å²) in [7, 11) is 3.10. The van der Waals surface area contributed by atoms with Crippen LogP contribution >= 0.6 is 0 Å². The van der Waals surface area contributed by atoms with Gasteiger partial charge >= 0.3 is 0 Å². The molecule has 0 N–H and O–H groups in total. The maximum Gasteiger partial charge on any atom is 0.270 e. The first-order valence-electron chi connectivity index (χ1n) is 10.4. The Labute approximate surface area is 200 Å². The molecule has 0 aromatic heterocycles. The lowest BCUT2D eigenvalue weighted by molar-refractivity contribution is -0.385. The number of nitrogens with zero attached hydrogens (tertiary/aromatic N) is 2. The number of hydrogen-bond donors (Lipinski definition) is 0. The van der Waals surface area contributed by atoms with Gasteiger partial charge in [0.15, 0.2) is 0 Å². The average Bonchev–Trinajstić information content (AvgIpc) is 2.89. The highest BCUT2D eigenvalue weighted by Crippen LogP contribution is 2.41. The molecule has 0 radical (unpaired) electrons. The van der Waals surface area contributed by atoms with Crippen molar-refractivity contribution < 1.29 is 24.1 Å². The van der Waals surface area contributed by atoms with Crippen LogP contribution < -0.4 is 14.2 Å². The fourth-order valence-corrected chi connectivity index (χ4v) is 3.55. The summed E-state index contributed by atoms with van der Waals surface area (Å²) in [6.45, 7) is 0. The number of ether oxygens (including phenoxy) is 3. The van der Waals surface area contributed by atoms with Gasteiger partial charge in [0.2, 0.25) is 0 Å². The third-order valence-corrected chi connectivity index (χ3v) is 5.37. The van der Waals surface area contributed by atoms with Gasteiger partial charge in [0.25, 0.3) is 11.4 Å². The molecule has 0 unspecified atom stereocenters. The molecule has 0 amide bonds. The summed E-state index contributed by atoms with van der Waals surface area (Å²) in [5, 5.41) is 22.8. The van der Waals surface area contributed by atoms with Crippen molar-refractivity contribution in [1.82, 2.24) is 0 Å². The fourth-order valence-electron chi connectivity index (χ4n) is 3.55. The molecule has 9 heteroatoms. The monoisotopic (exact) mass is 472 g/mol. The quantitative estimate of drug-likeness (QED) is 0.208. The molecular formula is C26H20N2O7. The average molecular weight is 472 g/mol. The summed E-state index contributed by atoms with van der Waals surface area (Å²) in [5.74, 6) is 1.98. The van der Waals surface area contributed by atoms with E-state index in [1.54, 1.807) is 62.8 Å². The van der Waals surface area contributed by atoms with Gasteiger partial charge in [0.1, 0.15) is 23.0 Å². The van der Waals surface area contributed by atoms with Crippen molar-refractivity contribution in [2.75, 3.05) is 14.2 Å². The Balaban J connectivity index is 1.83. The number of nitro groups is 2. The highest BCUT2D eigenvalue weighted by atomic mass is 16.6. The van der Waals surface area contributed by atoms with E-state index in [-0.39, 0.29) is 11.4 Å². The number of non-ortho nitro benzene ring substituents is 2. The van der Waals surface area contributed by atoms with Gasteiger partial charge in [0.05, 0.1) is 24.1 Å². The second kappa shape index (κ2) is 9.92. The Morgan fingerprint density at radius 1 is 0.571 bits per heavy atom. The van der Waals surface area contributed by atoms with E-state index in [1.807, 2.05) is 0 Å². The van der Waals surface area contributed by atoms with Gasteiger partial charge < -0.3 is 14.2 Å². The second-order valence-electron chi connectivity index (χ2n) is 7.43. The highest BCUT2D eigenvalue weighted by Gasteiger charge is 2.18. The molecule has 0 aliphatic rings. The molecule has 4 aromatic rings. The summed E-state index contributed by atoms with van der Waals surface area (Å²) in [6, 6.07) is 22.6. The molecule has 35 heavy (non-hydrogen) atoms. The van der Waals surface area contributed by atoms with Crippen molar-refractivity contribution >= 4 is 11.4 Å². The normalized spacial score (nSPS) is 10.5. The Morgan fingerprint density at radius 2 is 0.943 bits per heavy atom. The molecule has 0 fully saturated rings. The number of rotatable bonds is 8. The van der Waals surface area contributed by atoms with Crippen LogP contribution in [-0.2, 0) is 0 Å². The molecule has 0 bridgehead atoms. The van der Waals surface area contributed by atoms with Gasteiger partial charge in [-0.25, -0.2) is 0 Å². The molecule has 4 rings (SSSR count). The smallest absolute Gasteiger partial charge is 0.270 e. The van der Waals surface area contributed by atoms with Crippen molar-refractivity contribution in [3.63, 3.8) is 0 Å². The van der Waals surface area contributed by atoms with Gasteiger partial charge in [-0.3, -0.25) is 20.2 Å². The van der Waals surface area contributed by atoms with E-state index in [0.717, 1.165) is 0 Å². The standard InChI is InChI=1S/C26H20N2O7/c1-33-21-9-3-17(4-10-21)23-15-19(27(29)30)7-13-25(23)35-26-14-8-20(28(31)32)16-24(26)18-5-11-22(34-2)12-6-18/h3-16H,1-2H3. The summed E-state index contributed by atoms with van der Waals surface area (Å²) in [5.41, 5.74) is 2.14. The van der Waals surface area contributed by atoms with Gasteiger partial charge in [0, 0.05) is 35.4 Å². The molecular weight excluding hydrogens is 452 g/mol. The number of benzene rings is 4. The van der Waals surface area contributed by atoms with Crippen LogP contribution in [0.15, 0.2) is 84.9 Å². The van der Waals surface area contributed by atoms with E-state index < -0.39 is 9.85 Å². The minimum atomic E-state index is -0.481. The molecule has 0 aliphatic carbocycles. The van der Waals surface area contributed by atoms with Crippen LogP contribution in [0, 0.1) is 20.2 Å². The summed E-state index contributed by atoms with van der Waals surface area (Å²) in [4.78, 5) is 21.9. The zero-order valence-electron chi connectivity index (χ0n) is 18.8. The van der Waals surface area contributed by atoms with Gasteiger partial charge in [-0.1, -0.05) is 24.3 Å². The first-order valence-corrected chi connectivity index (χ1v) is 10.4. The Kier molecular flexibility index (Phi) is 6.59. The Morgan fingerprint density at radius 3 is 1.26 bits per heavy atom. The fraction of sp³-hybridized carbons (Fsp3) is 0.0769. The minimum absolute atomic E-state index is 0.0951. The van der Waals surface area contributed by atoms with Gasteiger partial charge in [-0.2, -0.15) is 0 Å². The Hall–Kier alpha value is -4.92. The molecule has 9 nitrogen and oxygen atoms in total. The third kappa shape index (κ3) is 5.03. The van der Waals surface area contributed by atoms with Crippen molar-refractivity contribution in [2.24, 2.45) is 0 Å². The second-order valence-corrected chi connectivity index (χ2v) is 7.43. The lowest BCUT2D eigenvalue weighted by Gasteiger charge is -2.15. The lowest BCUT2D eigenvalue weighted by atomic mass is 10.0. The number of nitro benzene ring substituents is 2. The van der Waals surface area contributed by atoms with Crippen molar-refractivity contribution in [2.45, 2.75) is 0 Å². The molecule has 176 valence electrons. The van der Waals surface area contributed by atoms with E-state index in [0.29, 0.717) is 45.3 Å². The van der Waals surface area contributed by atoms with Gasteiger partial charge in [-0.15, -0.1) is 0 Å². The van der Waals surface area contributed by atoms with Crippen LogP contribution in [0.25, 0.3) is 22.3 Å². The first-order chi connectivity index (χ1) is 16.9. The summed E-state index contributed by atoms with van der Waals surface area (Å²) >= 11 is 0. The topological polar surface area (TPSA) is 114 Å². The maximum absolute atomic E-state index is 11.4. The van der Waals surface area contributed by atoms with E-state index in [2.05, 4.69) is 0 Å². The molecule has 4 aromatic carbocycles. The zero-order chi connectivity index (χ0) is 24.9. The summed E-state index contributed by atoms with van der Waals surface area (Å²) in [6.07, 6.45) is 0.